The van der Waals surface area contributed by atoms with Gasteiger partial charge in [-0.3, -0.25) is 15.0 Å². The van der Waals surface area contributed by atoms with E-state index in [4.69, 9.17) is 0 Å². The van der Waals surface area contributed by atoms with Crippen LogP contribution < -0.4 is 16.2 Å². The zero-order chi connectivity index (χ0) is 19.2. The summed E-state index contributed by atoms with van der Waals surface area (Å²) in [6.07, 6.45) is -3.54. The Bertz CT molecular complexity index is 818. The van der Waals surface area contributed by atoms with E-state index in [0.717, 1.165) is 18.2 Å². The topological polar surface area (TPSA) is 70.2 Å². The second-order valence-electron chi connectivity index (χ2n) is 5.31. The first kappa shape index (κ1) is 19.0. The van der Waals surface area contributed by atoms with Gasteiger partial charge in [0.2, 0.25) is 5.91 Å². The molecule has 8 heteroatoms. The van der Waals surface area contributed by atoms with Gasteiger partial charge in [-0.15, -0.1) is 0 Å². The maximum absolute atomic E-state index is 12.9. The van der Waals surface area contributed by atoms with Crippen molar-refractivity contribution in [2.75, 3.05) is 5.32 Å². The summed E-state index contributed by atoms with van der Waals surface area (Å²) in [5.74, 6) is -1.18. The normalized spacial score (nSPS) is 11.6. The standard InChI is InChI=1S/C18H16F3N3O2/c1-12(23-24-17(26)13-7-3-2-4-8-13)11-16(25)22-15-10-6-5-9-14(15)18(19,20)21/h2-11,23H,1H3,(H,22,25)(H,24,26)/b12-11-. The number of para-hydroxylation sites is 1. The van der Waals surface area contributed by atoms with Crippen molar-refractivity contribution < 1.29 is 22.8 Å². The monoisotopic (exact) mass is 363 g/mol. The lowest BCUT2D eigenvalue weighted by atomic mass is 10.1. The number of anilines is 1. The minimum absolute atomic E-state index is 0.247. The third-order valence-corrected chi connectivity index (χ3v) is 3.25. The largest absolute Gasteiger partial charge is 0.418 e. The van der Waals surface area contributed by atoms with Crippen LogP contribution in [0.5, 0.6) is 0 Å². The van der Waals surface area contributed by atoms with Gasteiger partial charge in [0, 0.05) is 17.3 Å². The van der Waals surface area contributed by atoms with Crippen molar-refractivity contribution in [3.05, 3.63) is 77.5 Å². The Labute approximate surface area is 147 Å². The van der Waals surface area contributed by atoms with Crippen LogP contribution in [0.3, 0.4) is 0 Å². The van der Waals surface area contributed by atoms with Gasteiger partial charge in [-0.05, 0) is 31.2 Å². The van der Waals surface area contributed by atoms with Crippen LogP contribution in [0.2, 0.25) is 0 Å². The average Bonchev–Trinajstić information content (AvgIpc) is 2.60. The van der Waals surface area contributed by atoms with Crippen LogP contribution in [0.4, 0.5) is 18.9 Å². The van der Waals surface area contributed by atoms with E-state index in [2.05, 4.69) is 16.2 Å². The number of benzene rings is 2. The minimum atomic E-state index is -4.58. The van der Waals surface area contributed by atoms with Crippen LogP contribution in [0, 0.1) is 0 Å². The molecule has 0 saturated carbocycles. The molecule has 3 N–H and O–H groups in total. The summed E-state index contributed by atoms with van der Waals surface area (Å²) in [7, 11) is 0. The first-order valence-electron chi connectivity index (χ1n) is 7.54. The van der Waals surface area contributed by atoms with Crippen molar-refractivity contribution >= 4 is 17.5 Å². The third-order valence-electron chi connectivity index (χ3n) is 3.25. The van der Waals surface area contributed by atoms with E-state index in [1.807, 2.05) is 0 Å². The SMILES string of the molecule is C/C(=C/C(=O)Nc1ccccc1C(F)(F)F)NNC(=O)c1ccccc1. The molecule has 2 rings (SSSR count). The Morgan fingerprint density at radius 2 is 1.54 bits per heavy atom. The molecule has 0 atom stereocenters. The van der Waals surface area contributed by atoms with Crippen molar-refractivity contribution in [1.29, 1.82) is 0 Å². The smallest absolute Gasteiger partial charge is 0.322 e. The molecular weight excluding hydrogens is 347 g/mol. The van der Waals surface area contributed by atoms with Crippen molar-refractivity contribution in [3.8, 4) is 0 Å². The molecule has 26 heavy (non-hydrogen) atoms. The Kier molecular flexibility index (Phi) is 6.00. The number of hydrazine groups is 1. The highest BCUT2D eigenvalue weighted by Crippen LogP contribution is 2.34. The van der Waals surface area contributed by atoms with Gasteiger partial charge in [0.25, 0.3) is 5.91 Å². The summed E-state index contributed by atoms with van der Waals surface area (Å²) >= 11 is 0. The van der Waals surface area contributed by atoms with Crippen LogP contribution in [-0.2, 0) is 11.0 Å². The van der Waals surface area contributed by atoms with E-state index >= 15 is 0 Å². The fraction of sp³-hybridized carbons (Fsp3) is 0.111. The molecular formula is C18H16F3N3O2. The van der Waals surface area contributed by atoms with Crippen LogP contribution in [-0.4, -0.2) is 11.8 Å². The van der Waals surface area contributed by atoms with Gasteiger partial charge >= 0.3 is 6.18 Å². The van der Waals surface area contributed by atoms with Crippen molar-refractivity contribution in [1.82, 2.24) is 10.9 Å². The molecule has 0 aliphatic carbocycles. The summed E-state index contributed by atoms with van der Waals surface area (Å²) < 4.78 is 38.7. The molecule has 0 aliphatic rings. The molecule has 0 aromatic heterocycles. The molecule has 0 spiro atoms. The number of carbonyl (C=O) groups excluding carboxylic acids is 2. The molecule has 0 saturated heterocycles. The first-order chi connectivity index (χ1) is 12.3. The zero-order valence-corrected chi connectivity index (χ0v) is 13.7. The number of amides is 2. The maximum atomic E-state index is 12.9. The molecule has 2 aromatic carbocycles. The van der Waals surface area contributed by atoms with Gasteiger partial charge in [-0.2, -0.15) is 13.2 Å². The van der Waals surface area contributed by atoms with Crippen LogP contribution in [0.15, 0.2) is 66.4 Å². The summed E-state index contributed by atoms with van der Waals surface area (Å²) in [4.78, 5) is 23.8. The van der Waals surface area contributed by atoms with E-state index < -0.39 is 23.6 Å². The number of carbonyl (C=O) groups is 2. The average molecular weight is 363 g/mol. The molecule has 2 aromatic rings. The van der Waals surface area contributed by atoms with Gasteiger partial charge in [0.05, 0.1) is 11.3 Å². The number of halogens is 3. The van der Waals surface area contributed by atoms with E-state index in [1.165, 1.54) is 19.1 Å². The fourth-order valence-corrected chi connectivity index (χ4v) is 2.06. The summed E-state index contributed by atoms with van der Waals surface area (Å²) in [5, 5.41) is 2.18. The first-order valence-corrected chi connectivity index (χ1v) is 7.54. The van der Waals surface area contributed by atoms with Crippen LogP contribution in [0.1, 0.15) is 22.8 Å². The summed E-state index contributed by atoms with van der Waals surface area (Å²) in [5.41, 5.74) is 4.28. The number of hydrogen-bond acceptors (Lipinski definition) is 3. The maximum Gasteiger partial charge on any atom is 0.418 e. The number of nitrogens with one attached hydrogen (secondary N) is 3. The Hall–Kier alpha value is -3.29. The number of hydrogen-bond donors (Lipinski definition) is 3. The van der Waals surface area contributed by atoms with Gasteiger partial charge < -0.3 is 10.7 Å². The molecule has 0 fully saturated rings. The van der Waals surface area contributed by atoms with Gasteiger partial charge in [-0.25, -0.2) is 0 Å². The molecule has 0 radical (unpaired) electrons. The van der Waals surface area contributed by atoms with Gasteiger partial charge in [0.1, 0.15) is 0 Å². The predicted molar refractivity (Wildman–Crippen MR) is 90.9 cm³/mol. The van der Waals surface area contributed by atoms with Gasteiger partial charge in [0.15, 0.2) is 0 Å². The molecule has 136 valence electrons. The Morgan fingerprint density at radius 1 is 0.923 bits per heavy atom. The Morgan fingerprint density at radius 3 is 2.19 bits per heavy atom. The second kappa shape index (κ2) is 8.19. The molecule has 0 heterocycles. The van der Waals surface area contributed by atoms with E-state index in [-0.39, 0.29) is 11.4 Å². The second-order valence-corrected chi connectivity index (χ2v) is 5.31. The highest BCUT2D eigenvalue weighted by atomic mass is 19.4. The molecule has 0 aliphatic heterocycles. The molecule has 2 amide bonds. The lowest BCUT2D eigenvalue weighted by Gasteiger charge is -2.13. The van der Waals surface area contributed by atoms with Crippen molar-refractivity contribution in [3.63, 3.8) is 0 Å². The molecule has 0 bridgehead atoms. The molecule has 0 unspecified atom stereocenters. The number of allylic oxidation sites excluding steroid dienone is 1. The third kappa shape index (κ3) is 5.37. The van der Waals surface area contributed by atoms with Crippen molar-refractivity contribution in [2.24, 2.45) is 0 Å². The van der Waals surface area contributed by atoms with Crippen LogP contribution in [0.25, 0.3) is 0 Å². The quantitative estimate of drug-likeness (QED) is 0.563. The highest BCUT2D eigenvalue weighted by Gasteiger charge is 2.33. The predicted octanol–water partition coefficient (Wildman–Crippen LogP) is 3.48. The van der Waals surface area contributed by atoms with E-state index in [0.29, 0.717) is 5.56 Å². The minimum Gasteiger partial charge on any atom is -0.322 e. The lowest BCUT2D eigenvalue weighted by Crippen LogP contribution is -2.36. The zero-order valence-electron chi connectivity index (χ0n) is 13.7. The highest BCUT2D eigenvalue weighted by molar-refractivity contribution is 6.00. The summed E-state index contributed by atoms with van der Waals surface area (Å²) in [6, 6.07) is 13.0. The number of rotatable bonds is 5. The van der Waals surface area contributed by atoms with E-state index in [1.54, 1.807) is 30.3 Å². The summed E-state index contributed by atoms with van der Waals surface area (Å²) in [6.45, 7) is 1.49. The number of alkyl halides is 3. The Balaban J connectivity index is 1.97. The van der Waals surface area contributed by atoms with Crippen molar-refractivity contribution in [2.45, 2.75) is 13.1 Å². The van der Waals surface area contributed by atoms with Gasteiger partial charge in [-0.1, -0.05) is 30.3 Å². The van der Waals surface area contributed by atoms with E-state index in [9.17, 15) is 22.8 Å². The fourth-order valence-electron chi connectivity index (χ4n) is 2.06. The molecule has 5 nitrogen and oxygen atoms in total. The lowest BCUT2D eigenvalue weighted by molar-refractivity contribution is -0.137. The van der Waals surface area contributed by atoms with Crippen LogP contribution >= 0.6 is 0 Å².